The van der Waals surface area contributed by atoms with Gasteiger partial charge in [-0.15, -0.1) is 23.1 Å². The highest BCUT2D eigenvalue weighted by atomic mass is 32.2. The van der Waals surface area contributed by atoms with Gasteiger partial charge in [0.1, 0.15) is 9.71 Å². The molecule has 0 atom stereocenters. The fraction of sp³-hybridized carbons (Fsp3) is 0.0769. The molecule has 0 aliphatic rings. The van der Waals surface area contributed by atoms with Gasteiger partial charge in [-0.05, 0) is 17.8 Å². The third-order valence-corrected chi connectivity index (χ3v) is 5.93. The molecular formula is C13H10N2OS3. The molecule has 0 spiro atoms. The molecule has 0 aliphatic heterocycles. The van der Waals surface area contributed by atoms with E-state index in [1.165, 1.54) is 22.9 Å². The van der Waals surface area contributed by atoms with Crippen molar-refractivity contribution in [1.29, 1.82) is 0 Å². The summed E-state index contributed by atoms with van der Waals surface area (Å²) in [4.78, 5) is 13.9. The number of rotatable bonds is 3. The summed E-state index contributed by atoms with van der Waals surface area (Å²) >= 11 is 4.42. The molecular weight excluding hydrogens is 296 g/mol. The molecule has 19 heavy (non-hydrogen) atoms. The first-order valence-corrected chi connectivity index (χ1v) is 8.35. The maximum Gasteiger partial charge on any atom is 0.205 e. The van der Waals surface area contributed by atoms with E-state index in [1.807, 2.05) is 24.5 Å². The molecule has 0 amide bonds. The second-order valence-corrected chi connectivity index (χ2v) is 6.74. The quantitative estimate of drug-likeness (QED) is 0.589. The number of fused-ring (bicyclic) bond motifs is 1. The highest BCUT2D eigenvalue weighted by molar-refractivity contribution is 8.00. The van der Waals surface area contributed by atoms with Gasteiger partial charge in [-0.1, -0.05) is 30.3 Å². The third kappa shape index (κ3) is 2.05. The Labute approximate surface area is 122 Å². The van der Waals surface area contributed by atoms with Crippen molar-refractivity contribution in [2.24, 2.45) is 0 Å². The summed E-state index contributed by atoms with van der Waals surface area (Å²) in [6.07, 6.45) is 1.99. The van der Waals surface area contributed by atoms with Gasteiger partial charge in [0.2, 0.25) is 5.78 Å². The Morgan fingerprint density at radius 1 is 1.32 bits per heavy atom. The van der Waals surface area contributed by atoms with Crippen molar-refractivity contribution in [3.05, 3.63) is 40.8 Å². The molecule has 0 radical (unpaired) electrons. The minimum atomic E-state index is -0.0295. The lowest BCUT2D eigenvalue weighted by molar-refractivity contribution is 0.104. The number of carbonyl (C=O) groups excluding carboxylic acids is 1. The number of anilines is 1. The van der Waals surface area contributed by atoms with Gasteiger partial charge in [0.15, 0.2) is 0 Å². The second kappa shape index (κ2) is 4.96. The smallest absolute Gasteiger partial charge is 0.205 e. The maximum atomic E-state index is 12.4. The van der Waals surface area contributed by atoms with Crippen molar-refractivity contribution in [2.75, 3.05) is 12.0 Å². The van der Waals surface area contributed by atoms with Crippen LogP contribution in [0.3, 0.4) is 0 Å². The van der Waals surface area contributed by atoms with Crippen LogP contribution in [0.15, 0.2) is 34.5 Å². The summed E-state index contributed by atoms with van der Waals surface area (Å²) in [5.41, 5.74) is 7.36. The van der Waals surface area contributed by atoms with Crippen LogP contribution in [0.2, 0.25) is 0 Å². The molecule has 3 nitrogen and oxygen atoms in total. The summed E-state index contributed by atoms with van der Waals surface area (Å²) in [6, 6.07) is 9.20. The Hall–Kier alpha value is -1.37. The van der Waals surface area contributed by atoms with Crippen molar-refractivity contribution in [2.45, 2.75) is 4.21 Å². The molecule has 2 heterocycles. The van der Waals surface area contributed by atoms with E-state index in [9.17, 15) is 4.79 Å². The van der Waals surface area contributed by atoms with E-state index in [-0.39, 0.29) is 5.78 Å². The zero-order valence-corrected chi connectivity index (χ0v) is 12.5. The van der Waals surface area contributed by atoms with Crippen molar-refractivity contribution >= 4 is 56.3 Å². The Morgan fingerprint density at radius 3 is 2.74 bits per heavy atom. The molecule has 6 heteroatoms. The van der Waals surface area contributed by atoms with Crippen LogP contribution in [0.25, 0.3) is 10.2 Å². The van der Waals surface area contributed by atoms with Crippen LogP contribution in [0.4, 0.5) is 5.69 Å². The Bertz CT molecular complexity index is 746. The van der Waals surface area contributed by atoms with Crippen molar-refractivity contribution < 1.29 is 4.79 Å². The number of hydrogen-bond donors (Lipinski definition) is 1. The number of benzene rings is 1. The van der Waals surface area contributed by atoms with Gasteiger partial charge in [-0.3, -0.25) is 4.79 Å². The van der Waals surface area contributed by atoms with E-state index in [4.69, 9.17) is 5.73 Å². The van der Waals surface area contributed by atoms with Crippen LogP contribution in [0.1, 0.15) is 15.2 Å². The normalized spacial score (nSPS) is 11.0. The summed E-state index contributed by atoms with van der Waals surface area (Å²) < 4.78 is 5.42. The topological polar surface area (TPSA) is 56.0 Å². The maximum absolute atomic E-state index is 12.4. The molecule has 0 aliphatic carbocycles. The number of aromatic nitrogens is 1. The highest BCUT2D eigenvalue weighted by Crippen LogP contribution is 2.41. The van der Waals surface area contributed by atoms with E-state index in [1.54, 1.807) is 23.9 Å². The minimum Gasteiger partial charge on any atom is -0.397 e. The standard InChI is InChI=1S/C13H10N2OS3/c1-17-13-8-9(14)11(18-12(8)15-19-13)10(16)7-5-3-2-4-6-7/h2-6H,14H2,1H3. The van der Waals surface area contributed by atoms with Gasteiger partial charge in [-0.25, -0.2) is 0 Å². The van der Waals surface area contributed by atoms with Crippen LogP contribution in [-0.4, -0.2) is 16.4 Å². The van der Waals surface area contributed by atoms with Gasteiger partial charge in [0.25, 0.3) is 0 Å². The highest BCUT2D eigenvalue weighted by Gasteiger charge is 2.21. The summed E-state index contributed by atoms with van der Waals surface area (Å²) in [6.45, 7) is 0. The molecule has 0 fully saturated rings. The van der Waals surface area contributed by atoms with Gasteiger partial charge in [0, 0.05) is 5.56 Å². The molecule has 3 rings (SSSR count). The zero-order chi connectivity index (χ0) is 13.4. The molecule has 1 aromatic carbocycles. The molecule has 96 valence electrons. The van der Waals surface area contributed by atoms with Gasteiger partial charge < -0.3 is 5.73 Å². The van der Waals surface area contributed by atoms with Crippen LogP contribution in [0, 0.1) is 0 Å². The van der Waals surface area contributed by atoms with Gasteiger partial charge >= 0.3 is 0 Å². The molecule has 0 unspecified atom stereocenters. The number of nitrogens with two attached hydrogens (primary N) is 1. The van der Waals surface area contributed by atoms with Crippen molar-refractivity contribution in [3.63, 3.8) is 0 Å². The number of ketones is 1. The number of nitrogens with zero attached hydrogens (tertiary/aromatic N) is 1. The van der Waals surface area contributed by atoms with Gasteiger partial charge in [0.05, 0.1) is 15.3 Å². The van der Waals surface area contributed by atoms with Crippen LogP contribution in [-0.2, 0) is 0 Å². The van der Waals surface area contributed by atoms with Crippen molar-refractivity contribution in [1.82, 2.24) is 4.37 Å². The van der Waals surface area contributed by atoms with E-state index in [0.29, 0.717) is 16.1 Å². The van der Waals surface area contributed by atoms with Crippen LogP contribution < -0.4 is 5.73 Å². The third-order valence-electron chi connectivity index (χ3n) is 2.77. The molecule has 2 N–H and O–H groups in total. The lowest BCUT2D eigenvalue weighted by Gasteiger charge is -1.99. The molecule has 0 saturated heterocycles. The second-order valence-electron chi connectivity index (χ2n) is 3.89. The van der Waals surface area contributed by atoms with Crippen LogP contribution in [0.5, 0.6) is 0 Å². The number of nitrogen functional groups attached to an aromatic ring is 1. The Kier molecular flexibility index (Phi) is 3.30. The van der Waals surface area contributed by atoms with E-state index in [2.05, 4.69) is 4.37 Å². The van der Waals surface area contributed by atoms with Gasteiger partial charge in [-0.2, -0.15) is 4.37 Å². The van der Waals surface area contributed by atoms with E-state index >= 15 is 0 Å². The molecule has 3 aromatic rings. The fourth-order valence-corrected chi connectivity index (χ4v) is 4.55. The Morgan fingerprint density at radius 2 is 2.05 bits per heavy atom. The summed E-state index contributed by atoms with van der Waals surface area (Å²) in [5.74, 6) is -0.0295. The summed E-state index contributed by atoms with van der Waals surface area (Å²) in [5, 5.41) is 0.932. The average molecular weight is 306 g/mol. The summed E-state index contributed by atoms with van der Waals surface area (Å²) in [7, 11) is 0. The lowest BCUT2D eigenvalue weighted by atomic mass is 10.1. The Balaban J connectivity index is 2.14. The minimum absolute atomic E-state index is 0.0295. The zero-order valence-electron chi connectivity index (χ0n) is 10.0. The largest absolute Gasteiger partial charge is 0.397 e. The average Bonchev–Trinajstić information content (AvgIpc) is 3.00. The van der Waals surface area contributed by atoms with Crippen LogP contribution >= 0.6 is 34.6 Å². The van der Waals surface area contributed by atoms with E-state index in [0.717, 1.165) is 14.4 Å². The molecule has 0 saturated carbocycles. The fourth-order valence-electron chi connectivity index (χ4n) is 1.85. The number of carbonyl (C=O) groups is 1. The van der Waals surface area contributed by atoms with E-state index < -0.39 is 0 Å². The lowest BCUT2D eigenvalue weighted by Crippen LogP contribution is -2.01. The molecule has 0 bridgehead atoms. The first kappa shape index (κ1) is 12.7. The number of thioether (sulfide) groups is 1. The monoisotopic (exact) mass is 306 g/mol. The number of hydrogen-bond acceptors (Lipinski definition) is 6. The van der Waals surface area contributed by atoms with Crippen molar-refractivity contribution in [3.8, 4) is 0 Å². The first-order valence-electron chi connectivity index (χ1n) is 5.53. The predicted octanol–water partition coefficient (Wildman–Crippen LogP) is 3.89. The SMILES string of the molecule is CSc1snc2sc(C(=O)c3ccccc3)c(N)c12. The number of thiophene rings is 1. The first-order chi connectivity index (χ1) is 9.22. The molecule has 2 aromatic heterocycles. The predicted molar refractivity (Wildman–Crippen MR) is 83.6 cm³/mol.